The fourth-order valence-corrected chi connectivity index (χ4v) is 3.42. The highest BCUT2D eigenvalue weighted by molar-refractivity contribution is 9.10. The van der Waals surface area contributed by atoms with E-state index in [0.29, 0.717) is 5.88 Å². The van der Waals surface area contributed by atoms with Crippen LogP contribution in [0.25, 0.3) is 0 Å². The first-order chi connectivity index (χ1) is 9.10. The molecule has 1 aliphatic rings. The molecule has 0 radical (unpaired) electrons. The Morgan fingerprint density at radius 3 is 2.42 bits per heavy atom. The maximum absolute atomic E-state index is 5.86. The number of anilines is 1. The Hall–Kier alpha value is -0.250. The summed E-state index contributed by atoms with van der Waals surface area (Å²) in [5, 5.41) is 0. The van der Waals surface area contributed by atoms with Crippen LogP contribution in [0.1, 0.15) is 19.4 Å². The van der Waals surface area contributed by atoms with Crippen LogP contribution in [-0.2, 0) is 5.88 Å². The molecule has 1 heterocycles. The molecule has 0 spiro atoms. The van der Waals surface area contributed by atoms with Gasteiger partial charge in [-0.05, 0) is 39.5 Å². The molecule has 19 heavy (non-hydrogen) atoms. The van der Waals surface area contributed by atoms with Gasteiger partial charge < -0.3 is 4.90 Å². The average molecular weight is 346 g/mol. The summed E-state index contributed by atoms with van der Waals surface area (Å²) >= 11 is 9.53. The van der Waals surface area contributed by atoms with Crippen LogP contribution in [0.2, 0.25) is 0 Å². The van der Waals surface area contributed by atoms with Crippen LogP contribution >= 0.6 is 27.5 Å². The van der Waals surface area contributed by atoms with E-state index < -0.39 is 0 Å². The molecule has 2 nitrogen and oxygen atoms in total. The van der Waals surface area contributed by atoms with Crippen LogP contribution < -0.4 is 4.90 Å². The minimum absolute atomic E-state index is 0.570. The predicted molar refractivity (Wildman–Crippen MR) is 87.2 cm³/mol. The number of rotatable bonds is 4. The van der Waals surface area contributed by atoms with Crippen LogP contribution in [0, 0.1) is 5.92 Å². The summed E-state index contributed by atoms with van der Waals surface area (Å²) in [5.41, 5.74) is 2.45. The topological polar surface area (TPSA) is 6.48 Å². The zero-order valence-electron chi connectivity index (χ0n) is 11.7. The van der Waals surface area contributed by atoms with Gasteiger partial charge >= 0.3 is 0 Å². The second-order valence-electron chi connectivity index (χ2n) is 5.60. The summed E-state index contributed by atoms with van der Waals surface area (Å²) in [6, 6.07) is 6.43. The quantitative estimate of drug-likeness (QED) is 0.762. The Morgan fingerprint density at radius 1 is 1.21 bits per heavy atom. The summed E-state index contributed by atoms with van der Waals surface area (Å²) in [6.07, 6.45) is 0. The first-order valence-corrected chi connectivity index (χ1v) is 8.24. The van der Waals surface area contributed by atoms with E-state index in [1.807, 2.05) is 0 Å². The predicted octanol–water partition coefficient (Wildman–Crippen LogP) is 3.97. The second kappa shape index (κ2) is 6.96. The van der Waals surface area contributed by atoms with E-state index in [0.717, 1.165) is 42.1 Å². The lowest BCUT2D eigenvalue weighted by Crippen LogP contribution is -2.47. The molecule has 0 unspecified atom stereocenters. The molecule has 0 amide bonds. The summed E-state index contributed by atoms with van der Waals surface area (Å²) < 4.78 is 1.16. The van der Waals surface area contributed by atoms with Crippen LogP contribution in [0.4, 0.5) is 5.69 Å². The largest absolute Gasteiger partial charge is 0.368 e. The number of alkyl halides is 1. The molecule has 2 rings (SSSR count). The average Bonchev–Trinajstić information content (AvgIpc) is 2.39. The lowest BCUT2D eigenvalue weighted by molar-refractivity contribution is 0.231. The maximum atomic E-state index is 5.86. The molecule has 4 heteroatoms. The minimum atomic E-state index is 0.570. The van der Waals surface area contributed by atoms with Crippen molar-refractivity contribution >= 4 is 33.2 Å². The van der Waals surface area contributed by atoms with Crippen molar-refractivity contribution in [2.75, 3.05) is 37.6 Å². The molecule has 1 saturated heterocycles. The maximum Gasteiger partial charge on any atom is 0.0511 e. The van der Waals surface area contributed by atoms with Gasteiger partial charge in [-0.1, -0.05) is 19.9 Å². The fourth-order valence-electron chi connectivity index (χ4n) is 2.58. The molecular weight excluding hydrogens is 324 g/mol. The zero-order chi connectivity index (χ0) is 13.8. The number of halogens is 2. The van der Waals surface area contributed by atoms with E-state index in [9.17, 15) is 0 Å². The number of nitrogens with zero attached hydrogens (tertiary/aromatic N) is 2. The molecule has 0 bridgehead atoms. The zero-order valence-corrected chi connectivity index (χ0v) is 14.0. The molecule has 106 valence electrons. The first-order valence-electron chi connectivity index (χ1n) is 6.92. The van der Waals surface area contributed by atoms with Crippen LogP contribution in [0.5, 0.6) is 0 Å². The van der Waals surface area contributed by atoms with Crippen molar-refractivity contribution in [3.05, 3.63) is 28.2 Å². The Kier molecular flexibility index (Phi) is 5.55. The van der Waals surface area contributed by atoms with E-state index in [1.165, 1.54) is 12.2 Å². The highest BCUT2D eigenvalue weighted by atomic mass is 79.9. The van der Waals surface area contributed by atoms with Crippen molar-refractivity contribution in [3.8, 4) is 0 Å². The molecule has 1 aliphatic heterocycles. The third-order valence-corrected chi connectivity index (χ3v) is 4.45. The number of hydrogen-bond acceptors (Lipinski definition) is 2. The molecule has 0 atom stereocenters. The molecule has 0 N–H and O–H groups in total. The Bertz CT molecular complexity index is 415. The van der Waals surface area contributed by atoms with Gasteiger partial charge in [0.15, 0.2) is 0 Å². The van der Waals surface area contributed by atoms with Crippen LogP contribution in [-0.4, -0.2) is 37.6 Å². The highest BCUT2D eigenvalue weighted by Crippen LogP contribution is 2.28. The minimum Gasteiger partial charge on any atom is -0.368 e. The highest BCUT2D eigenvalue weighted by Gasteiger charge is 2.19. The van der Waals surface area contributed by atoms with Gasteiger partial charge in [-0.15, -0.1) is 11.6 Å². The summed E-state index contributed by atoms with van der Waals surface area (Å²) in [5.74, 6) is 1.32. The van der Waals surface area contributed by atoms with E-state index >= 15 is 0 Å². The van der Waals surface area contributed by atoms with Gasteiger partial charge in [-0.2, -0.15) is 0 Å². The number of hydrogen-bond donors (Lipinski definition) is 0. The molecule has 1 aromatic rings. The van der Waals surface area contributed by atoms with Gasteiger partial charge in [-0.25, -0.2) is 0 Å². The fraction of sp³-hybridized carbons (Fsp3) is 0.600. The van der Waals surface area contributed by atoms with Gasteiger partial charge in [0.2, 0.25) is 0 Å². The Labute approximate surface area is 129 Å². The SMILES string of the molecule is CC(C)CN1CCN(c2ccc(CCl)cc2Br)CC1. The Morgan fingerprint density at radius 2 is 1.89 bits per heavy atom. The molecular formula is C15H22BrClN2. The third kappa shape index (κ3) is 4.11. The Balaban J connectivity index is 1.97. The van der Waals surface area contributed by atoms with Crippen molar-refractivity contribution < 1.29 is 0 Å². The molecule has 0 aromatic heterocycles. The van der Waals surface area contributed by atoms with Crippen LogP contribution in [0.15, 0.2) is 22.7 Å². The van der Waals surface area contributed by atoms with Gasteiger partial charge in [0.05, 0.1) is 5.69 Å². The standard InChI is InChI=1S/C15H22BrClN2/c1-12(2)11-18-5-7-19(8-6-18)15-4-3-13(10-17)9-14(15)16/h3-4,9,12H,5-8,10-11H2,1-2H3. The molecule has 0 saturated carbocycles. The second-order valence-corrected chi connectivity index (χ2v) is 6.72. The van der Waals surface area contributed by atoms with E-state index in [1.54, 1.807) is 0 Å². The lowest BCUT2D eigenvalue weighted by atomic mass is 10.1. The third-order valence-electron chi connectivity index (χ3n) is 3.50. The van der Waals surface area contributed by atoms with Gasteiger partial charge in [0.25, 0.3) is 0 Å². The van der Waals surface area contributed by atoms with E-state index in [-0.39, 0.29) is 0 Å². The van der Waals surface area contributed by atoms with Gasteiger partial charge in [0, 0.05) is 43.1 Å². The van der Waals surface area contributed by atoms with Crippen molar-refractivity contribution in [2.45, 2.75) is 19.7 Å². The lowest BCUT2D eigenvalue weighted by Gasteiger charge is -2.37. The van der Waals surface area contributed by atoms with Gasteiger partial charge in [-0.3, -0.25) is 4.90 Å². The van der Waals surface area contributed by atoms with Crippen molar-refractivity contribution in [2.24, 2.45) is 5.92 Å². The number of benzene rings is 1. The normalized spacial score (nSPS) is 17.2. The molecule has 0 aliphatic carbocycles. The monoisotopic (exact) mass is 344 g/mol. The molecule has 1 fully saturated rings. The van der Waals surface area contributed by atoms with Crippen molar-refractivity contribution in [1.82, 2.24) is 4.90 Å². The first kappa shape index (κ1) is 15.1. The number of piperazine rings is 1. The van der Waals surface area contributed by atoms with Crippen molar-refractivity contribution in [3.63, 3.8) is 0 Å². The van der Waals surface area contributed by atoms with E-state index in [2.05, 4.69) is 57.8 Å². The smallest absolute Gasteiger partial charge is 0.0511 e. The molecule has 1 aromatic carbocycles. The van der Waals surface area contributed by atoms with E-state index in [4.69, 9.17) is 11.6 Å². The van der Waals surface area contributed by atoms with Gasteiger partial charge in [0.1, 0.15) is 0 Å². The van der Waals surface area contributed by atoms with Crippen molar-refractivity contribution in [1.29, 1.82) is 0 Å². The van der Waals surface area contributed by atoms with Crippen LogP contribution in [0.3, 0.4) is 0 Å². The summed E-state index contributed by atoms with van der Waals surface area (Å²) in [7, 11) is 0. The summed E-state index contributed by atoms with van der Waals surface area (Å²) in [4.78, 5) is 5.02. The summed E-state index contributed by atoms with van der Waals surface area (Å²) in [6.45, 7) is 10.3.